The fourth-order valence-corrected chi connectivity index (χ4v) is 2.50. The van der Waals surface area contributed by atoms with Crippen molar-refractivity contribution in [1.82, 2.24) is 9.97 Å². The number of anilines is 1. The third-order valence-electron chi connectivity index (χ3n) is 3.28. The summed E-state index contributed by atoms with van der Waals surface area (Å²) in [7, 11) is 1.80. The van der Waals surface area contributed by atoms with Gasteiger partial charge in [0.25, 0.3) is 0 Å². The van der Waals surface area contributed by atoms with Crippen LogP contribution in [0.15, 0.2) is 18.2 Å². The van der Waals surface area contributed by atoms with Crippen molar-refractivity contribution in [1.29, 1.82) is 0 Å². The van der Waals surface area contributed by atoms with E-state index in [1.54, 1.807) is 7.05 Å². The van der Waals surface area contributed by atoms with Crippen molar-refractivity contribution < 1.29 is 8.78 Å². The van der Waals surface area contributed by atoms with Crippen LogP contribution in [0.25, 0.3) is 0 Å². The molecule has 0 saturated carbocycles. The molecule has 0 saturated heterocycles. The number of hydrogen-bond acceptors (Lipinski definition) is 3. The molecule has 0 bridgehead atoms. The summed E-state index contributed by atoms with van der Waals surface area (Å²) in [5.74, 6) is 0.437. The van der Waals surface area contributed by atoms with E-state index < -0.39 is 11.6 Å². The lowest BCUT2D eigenvalue weighted by Gasteiger charge is -2.15. The molecule has 5 heteroatoms. The number of halogens is 2. The maximum Gasteiger partial charge on any atom is 0.135 e. The Labute approximate surface area is 123 Å². The molecule has 112 valence electrons. The summed E-state index contributed by atoms with van der Waals surface area (Å²) < 4.78 is 26.5. The first-order chi connectivity index (χ1) is 9.90. The molecule has 0 aliphatic heterocycles. The Morgan fingerprint density at radius 2 is 1.71 bits per heavy atom. The Balaban J connectivity index is 2.39. The minimum absolute atomic E-state index is 0.294. The third kappa shape index (κ3) is 3.54. The Bertz CT molecular complexity index is 634. The van der Waals surface area contributed by atoms with Crippen molar-refractivity contribution in [3.63, 3.8) is 0 Å². The van der Waals surface area contributed by atoms with Gasteiger partial charge in [-0.3, -0.25) is 0 Å². The van der Waals surface area contributed by atoms with Gasteiger partial charge in [-0.2, -0.15) is 0 Å². The molecule has 0 unspecified atom stereocenters. The van der Waals surface area contributed by atoms with E-state index in [1.807, 2.05) is 6.92 Å². The molecule has 0 aliphatic rings. The van der Waals surface area contributed by atoms with Crippen molar-refractivity contribution >= 4 is 5.82 Å². The second kappa shape index (κ2) is 6.16. The monoisotopic (exact) mass is 291 g/mol. The lowest BCUT2D eigenvalue weighted by molar-refractivity contribution is 0.580. The van der Waals surface area contributed by atoms with Crippen molar-refractivity contribution in [2.45, 2.75) is 33.1 Å². The lowest BCUT2D eigenvalue weighted by atomic mass is 10.0. The molecule has 1 aromatic carbocycles. The van der Waals surface area contributed by atoms with Crippen LogP contribution in [0.4, 0.5) is 14.6 Å². The van der Waals surface area contributed by atoms with E-state index in [0.717, 1.165) is 23.1 Å². The van der Waals surface area contributed by atoms with Crippen molar-refractivity contribution in [2.75, 3.05) is 12.4 Å². The first kappa shape index (κ1) is 15.4. The highest BCUT2D eigenvalue weighted by molar-refractivity contribution is 5.48. The average molecular weight is 291 g/mol. The lowest BCUT2D eigenvalue weighted by Crippen LogP contribution is -2.09. The quantitative estimate of drug-likeness (QED) is 0.930. The van der Waals surface area contributed by atoms with Crippen LogP contribution < -0.4 is 5.32 Å². The highest BCUT2D eigenvalue weighted by Crippen LogP contribution is 2.25. The van der Waals surface area contributed by atoms with Crippen LogP contribution in [0.5, 0.6) is 0 Å². The van der Waals surface area contributed by atoms with E-state index >= 15 is 0 Å². The molecule has 3 nitrogen and oxygen atoms in total. The molecular formula is C16H19F2N3. The summed E-state index contributed by atoms with van der Waals surface area (Å²) in [5.41, 5.74) is 2.47. The van der Waals surface area contributed by atoms with Gasteiger partial charge in [-0.25, -0.2) is 18.7 Å². The molecule has 0 fully saturated rings. The second-order valence-electron chi connectivity index (χ2n) is 5.35. The Morgan fingerprint density at radius 1 is 1.10 bits per heavy atom. The van der Waals surface area contributed by atoms with Crippen LogP contribution in [-0.2, 0) is 6.42 Å². The molecular weight excluding hydrogens is 272 g/mol. The number of nitrogens with one attached hydrogen (secondary N) is 1. The van der Waals surface area contributed by atoms with Gasteiger partial charge in [0.15, 0.2) is 0 Å². The first-order valence-corrected chi connectivity index (χ1v) is 6.90. The first-order valence-electron chi connectivity index (χ1n) is 6.90. The largest absolute Gasteiger partial charge is 0.373 e. The van der Waals surface area contributed by atoms with Crippen LogP contribution in [-0.4, -0.2) is 17.0 Å². The van der Waals surface area contributed by atoms with E-state index in [0.29, 0.717) is 23.7 Å². The van der Waals surface area contributed by atoms with Gasteiger partial charge in [0, 0.05) is 30.8 Å². The Morgan fingerprint density at radius 3 is 2.24 bits per heavy atom. The molecule has 2 aromatic rings. The predicted octanol–water partition coefficient (Wildman–Crippen LogP) is 3.82. The number of benzene rings is 1. The van der Waals surface area contributed by atoms with E-state index in [1.165, 1.54) is 12.1 Å². The van der Waals surface area contributed by atoms with Crippen LogP contribution in [0.2, 0.25) is 0 Å². The van der Waals surface area contributed by atoms with E-state index in [2.05, 4.69) is 29.1 Å². The summed E-state index contributed by atoms with van der Waals surface area (Å²) in [6.07, 6.45) is 0.294. The minimum Gasteiger partial charge on any atom is -0.373 e. The normalized spacial score (nSPS) is 11.0. The maximum absolute atomic E-state index is 13.2. The molecule has 0 radical (unpaired) electrons. The molecule has 0 amide bonds. The highest BCUT2D eigenvalue weighted by Gasteiger charge is 2.14. The van der Waals surface area contributed by atoms with Gasteiger partial charge in [0.2, 0.25) is 0 Å². The number of aromatic nitrogens is 2. The summed E-state index contributed by atoms with van der Waals surface area (Å²) in [4.78, 5) is 8.92. The molecule has 1 aromatic heterocycles. The molecule has 0 spiro atoms. The van der Waals surface area contributed by atoms with Crippen LogP contribution in [0.1, 0.15) is 42.4 Å². The number of hydrogen-bond donors (Lipinski definition) is 1. The van der Waals surface area contributed by atoms with Gasteiger partial charge in [0.1, 0.15) is 23.3 Å². The van der Waals surface area contributed by atoms with Gasteiger partial charge in [-0.1, -0.05) is 13.8 Å². The van der Waals surface area contributed by atoms with E-state index in [4.69, 9.17) is 0 Å². The molecule has 1 N–H and O–H groups in total. The smallest absolute Gasteiger partial charge is 0.135 e. The fraction of sp³-hybridized carbons (Fsp3) is 0.375. The van der Waals surface area contributed by atoms with Crippen molar-refractivity contribution in [3.05, 3.63) is 52.5 Å². The van der Waals surface area contributed by atoms with Crippen LogP contribution >= 0.6 is 0 Å². The Hall–Kier alpha value is -2.04. The summed E-state index contributed by atoms with van der Waals surface area (Å²) in [5, 5.41) is 3.07. The molecule has 1 heterocycles. The average Bonchev–Trinajstić information content (AvgIpc) is 2.35. The van der Waals surface area contributed by atoms with E-state index in [9.17, 15) is 8.78 Å². The molecule has 0 atom stereocenters. The van der Waals surface area contributed by atoms with Crippen molar-refractivity contribution in [3.8, 4) is 0 Å². The predicted molar refractivity (Wildman–Crippen MR) is 79.6 cm³/mol. The number of aryl methyl sites for hydroxylation is 1. The van der Waals surface area contributed by atoms with Crippen molar-refractivity contribution in [2.24, 2.45) is 0 Å². The maximum atomic E-state index is 13.2. The summed E-state index contributed by atoms with van der Waals surface area (Å²) in [6, 6.07) is 3.46. The molecule has 21 heavy (non-hydrogen) atoms. The zero-order chi connectivity index (χ0) is 15.6. The standard InChI is InChI=1S/C16H19F2N3/c1-9(2)15-10(3)20-14(21-16(15)19-4)7-11-5-12(17)8-13(18)6-11/h5-6,8-9H,7H2,1-4H3,(H,19,20,21). The molecule has 2 rings (SSSR count). The zero-order valence-electron chi connectivity index (χ0n) is 12.7. The Kier molecular flexibility index (Phi) is 4.50. The van der Waals surface area contributed by atoms with Crippen LogP contribution in [0, 0.1) is 18.6 Å². The third-order valence-corrected chi connectivity index (χ3v) is 3.28. The molecule has 0 aliphatic carbocycles. The van der Waals surface area contributed by atoms with Crippen LogP contribution in [0.3, 0.4) is 0 Å². The summed E-state index contributed by atoms with van der Waals surface area (Å²) >= 11 is 0. The van der Waals surface area contributed by atoms with Gasteiger partial charge in [-0.15, -0.1) is 0 Å². The topological polar surface area (TPSA) is 37.8 Å². The van der Waals surface area contributed by atoms with E-state index in [-0.39, 0.29) is 0 Å². The van der Waals surface area contributed by atoms with Gasteiger partial charge < -0.3 is 5.32 Å². The highest BCUT2D eigenvalue weighted by atomic mass is 19.1. The fourth-order valence-electron chi connectivity index (χ4n) is 2.50. The second-order valence-corrected chi connectivity index (χ2v) is 5.35. The SMILES string of the molecule is CNc1nc(Cc2cc(F)cc(F)c2)nc(C)c1C(C)C. The zero-order valence-corrected chi connectivity index (χ0v) is 12.7. The summed E-state index contributed by atoms with van der Waals surface area (Å²) in [6.45, 7) is 6.08. The number of rotatable bonds is 4. The van der Waals surface area contributed by atoms with Gasteiger partial charge in [-0.05, 0) is 30.5 Å². The number of nitrogens with zero attached hydrogens (tertiary/aromatic N) is 2. The van der Waals surface area contributed by atoms with Gasteiger partial charge >= 0.3 is 0 Å². The van der Waals surface area contributed by atoms with Gasteiger partial charge in [0.05, 0.1) is 0 Å². The minimum atomic E-state index is -0.589.